The van der Waals surface area contributed by atoms with Gasteiger partial charge in [0.05, 0.1) is 5.56 Å². The van der Waals surface area contributed by atoms with Gasteiger partial charge in [0.15, 0.2) is 0 Å². The summed E-state index contributed by atoms with van der Waals surface area (Å²) in [5.74, 6) is -0.0609. The Morgan fingerprint density at radius 3 is 2.56 bits per heavy atom. The van der Waals surface area contributed by atoms with Gasteiger partial charge >= 0.3 is 6.18 Å². The Labute approximate surface area is 153 Å². The highest BCUT2D eigenvalue weighted by Gasteiger charge is 2.30. The maximum absolute atomic E-state index is 12.8. The first-order valence-electron chi connectivity index (χ1n) is 8.18. The van der Waals surface area contributed by atoms with Gasteiger partial charge in [-0.25, -0.2) is 0 Å². The van der Waals surface area contributed by atoms with Gasteiger partial charge in [-0.1, -0.05) is 23.8 Å². The third-order valence-electron chi connectivity index (χ3n) is 3.80. The van der Waals surface area contributed by atoms with Crippen molar-refractivity contribution in [1.29, 1.82) is 0 Å². The van der Waals surface area contributed by atoms with Gasteiger partial charge in [-0.15, -0.1) is 10.2 Å². The summed E-state index contributed by atoms with van der Waals surface area (Å²) in [5.41, 5.74) is 1.15. The number of carbonyl (C=O) groups excluding carboxylic acids is 1. The second kappa shape index (κ2) is 7.61. The summed E-state index contributed by atoms with van der Waals surface area (Å²) in [4.78, 5) is 12.0. The Morgan fingerprint density at radius 2 is 1.85 bits per heavy atom. The smallest absolute Gasteiger partial charge is 0.416 e. The Morgan fingerprint density at radius 1 is 1.11 bits per heavy atom. The highest BCUT2D eigenvalue weighted by atomic mass is 19.4. The number of nitrogens with zero attached hydrogens (tertiary/aromatic N) is 2. The lowest BCUT2D eigenvalue weighted by atomic mass is 10.1. The molecule has 1 heterocycles. The highest BCUT2D eigenvalue weighted by molar-refractivity contribution is 5.90. The molecule has 0 aliphatic rings. The van der Waals surface area contributed by atoms with Crippen molar-refractivity contribution >= 4 is 11.6 Å². The normalized spacial score (nSPS) is 11.4. The van der Waals surface area contributed by atoms with Gasteiger partial charge in [0, 0.05) is 24.1 Å². The van der Waals surface area contributed by atoms with Gasteiger partial charge in [0.1, 0.15) is 0 Å². The second-order valence-electron chi connectivity index (χ2n) is 5.99. The number of halogens is 3. The number of anilines is 1. The fourth-order valence-electron chi connectivity index (χ4n) is 2.38. The molecule has 3 rings (SSSR count). The van der Waals surface area contributed by atoms with Crippen LogP contribution in [0.2, 0.25) is 0 Å². The van der Waals surface area contributed by atoms with Crippen molar-refractivity contribution in [2.75, 3.05) is 5.32 Å². The first-order chi connectivity index (χ1) is 12.8. The molecule has 27 heavy (non-hydrogen) atoms. The predicted molar refractivity (Wildman–Crippen MR) is 92.9 cm³/mol. The predicted octanol–water partition coefficient (Wildman–Crippen LogP) is 4.64. The number of hydrogen-bond acceptors (Lipinski definition) is 4. The maximum atomic E-state index is 12.8. The Bertz CT molecular complexity index is 934. The molecule has 0 unspecified atom stereocenters. The van der Waals surface area contributed by atoms with E-state index >= 15 is 0 Å². The van der Waals surface area contributed by atoms with Gasteiger partial charge in [-0.3, -0.25) is 4.79 Å². The summed E-state index contributed by atoms with van der Waals surface area (Å²) < 4.78 is 43.7. The summed E-state index contributed by atoms with van der Waals surface area (Å²) in [6, 6.07) is 12.0. The number of aryl methyl sites for hydroxylation is 2. The molecule has 0 saturated carbocycles. The molecule has 0 aliphatic carbocycles. The van der Waals surface area contributed by atoms with E-state index in [4.69, 9.17) is 4.42 Å². The molecule has 1 amide bonds. The fourth-order valence-corrected chi connectivity index (χ4v) is 2.38. The summed E-state index contributed by atoms with van der Waals surface area (Å²) in [6.45, 7) is 1.95. The molecule has 0 atom stereocenters. The van der Waals surface area contributed by atoms with Crippen LogP contribution in [-0.4, -0.2) is 16.1 Å². The summed E-state index contributed by atoms with van der Waals surface area (Å²) in [5, 5.41) is 10.3. The van der Waals surface area contributed by atoms with Crippen molar-refractivity contribution < 1.29 is 22.4 Å². The molecule has 0 radical (unpaired) electrons. The first-order valence-corrected chi connectivity index (χ1v) is 8.18. The number of rotatable bonds is 5. The van der Waals surface area contributed by atoms with Crippen LogP contribution in [0.15, 0.2) is 52.9 Å². The lowest BCUT2D eigenvalue weighted by Gasteiger charge is -2.06. The van der Waals surface area contributed by atoms with E-state index in [2.05, 4.69) is 15.5 Å². The lowest BCUT2D eigenvalue weighted by Crippen LogP contribution is -2.12. The Balaban J connectivity index is 1.61. The van der Waals surface area contributed by atoms with Crippen LogP contribution in [0, 0.1) is 6.92 Å². The molecular weight excluding hydrogens is 359 g/mol. The van der Waals surface area contributed by atoms with Gasteiger partial charge in [-0.05, 0) is 37.3 Å². The Kier molecular flexibility index (Phi) is 5.25. The van der Waals surface area contributed by atoms with Crippen molar-refractivity contribution in [1.82, 2.24) is 10.2 Å². The molecule has 2 aromatic carbocycles. The van der Waals surface area contributed by atoms with E-state index < -0.39 is 11.7 Å². The van der Waals surface area contributed by atoms with Crippen molar-refractivity contribution in [2.45, 2.75) is 25.9 Å². The van der Waals surface area contributed by atoms with Gasteiger partial charge < -0.3 is 9.73 Å². The van der Waals surface area contributed by atoms with Crippen molar-refractivity contribution in [2.24, 2.45) is 0 Å². The summed E-state index contributed by atoms with van der Waals surface area (Å²) in [7, 11) is 0. The molecule has 3 aromatic rings. The molecule has 140 valence electrons. The average molecular weight is 375 g/mol. The van der Waals surface area contributed by atoms with E-state index in [-0.39, 0.29) is 36.1 Å². The van der Waals surface area contributed by atoms with Gasteiger partial charge in [0.25, 0.3) is 0 Å². The van der Waals surface area contributed by atoms with E-state index in [1.165, 1.54) is 12.1 Å². The minimum atomic E-state index is -4.45. The number of amides is 1. The van der Waals surface area contributed by atoms with Crippen LogP contribution < -0.4 is 5.32 Å². The van der Waals surface area contributed by atoms with Crippen molar-refractivity contribution in [3.63, 3.8) is 0 Å². The highest BCUT2D eigenvalue weighted by Crippen LogP contribution is 2.31. The largest absolute Gasteiger partial charge is 0.421 e. The zero-order chi connectivity index (χ0) is 19.4. The molecule has 0 aliphatic heterocycles. The lowest BCUT2D eigenvalue weighted by molar-refractivity contribution is -0.137. The van der Waals surface area contributed by atoms with Crippen LogP contribution in [0.1, 0.15) is 23.4 Å². The number of benzene rings is 2. The van der Waals surface area contributed by atoms with Gasteiger partial charge in [-0.2, -0.15) is 13.2 Å². The molecule has 8 heteroatoms. The standard InChI is InChI=1S/C19H16F3N3O2/c1-12-5-7-15(8-6-12)23-16(26)9-10-17-24-25-18(27-17)13-3-2-4-14(11-13)19(20,21)22/h2-8,11H,9-10H2,1H3,(H,23,26). The minimum Gasteiger partial charge on any atom is -0.421 e. The summed E-state index contributed by atoms with van der Waals surface area (Å²) >= 11 is 0. The number of carbonyl (C=O) groups is 1. The quantitative estimate of drug-likeness (QED) is 0.706. The average Bonchev–Trinajstić information content (AvgIpc) is 3.10. The van der Waals surface area contributed by atoms with E-state index in [0.29, 0.717) is 5.69 Å². The van der Waals surface area contributed by atoms with Crippen LogP contribution in [0.4, 0.5) is 18.9 Å². The number of aromatic nitrogens is 2. The molecule has 0 fully saturated rings. The number of nitrogens with one attached hydrogen (secondary N) is 1. The first kappa shape index (κ1) is 18.6. The molecule has 0 spiro atoms. The van der Waals surface area contributed by atoms with E-state index in [1.807, 2.05) is 19.1 Å². The number of hydrogen-bond donors (Lipinski definition) is 1. The zero-order valence-electron chi connectivity index (χ0n) is 14.4. The van der Waals surface area contributed by atoms with Gasteiger partial charge in [0.2, 0.25) is 17.7 Å². The maximum Gasteiger partial charge on any atom is 0.416 e. The van der Waals surface area contributed by atoms with Crippen LogP contribution in [0.3, 0.4) is 0 Å². The van der Waals surface area contributed by atoms with Crippen molar-refractivity contribution in [3.05, 3.63) is 65.5 Å². The molecule has 1 aromatic heterocycles. The molecule has 5 nitrogen and oxygen atoms in total. The molecular formula is C19H16F3N3O2. The van der Waals surface area contributed by atoms with Crippen LogP contribution in [0.5, 0.6) is 0 Å². The number of alkyl halides is 3. The molecule has 0 saturated heterocycles. The zero-order valence-corrected chi connectivity index (χ0v) is 14.4. The molecule has 0 bridgehead atoms. The third kappa shape index (κ3) is 4.93. The van der Waals surface area contributed by atoms with Crippen LogP contribution in [0.25, 0.3) is 11.5 Å². The second-order valence-corrected chi connectivity index (χ2v) is 5.99. The van der Waals surface area contributed by atoms with E-state index in [0.717, 1.165) is 17.7 Å². The van der Waals surface area contributed by atoms with E-state index in [1.54, 1.807) is 12.1 Å². The van der Waals surface area contributed by atoms with E-state index in [9.17, 15) is 18.0 Å². The SMILES string of the molecule is Cc1ccc(NC(=O)CCc2nnc(-c3cccc(C(F)(F)F)c3)o2)cc1. The monoisotopic (exact) mass is 375 g/mol. The minimum absolute atomic E-state index is 0.0185. The third-order valence-corrected chi connectivity index (χ3v) is 3.80. The van der Waals surface area contributed by atoms with Crippen LogP contribution in [-0.2, 0) is 17.4 Å². The summed E-state index contributed by atoms with van der Waals surface area (Å²) in [6.07, 6.45) is -4.16. The fraction of sp³-hybridized carbons (Fsp3) is 0.211. The molecule has 1 N–H and O–H groups in total. The van der Waals surface area contributed by atoms with Crippen LogP contribution >= 0.6 is 0 Å². The Hall–Kier alpha value is -3.16. The van der Waals surface area contributed by atoms with Crippen molar-refractivity contribution in [3.8, 4) is 11.5 Å². The topological polar surface area (TPSA) is 68.0 Å².